The van der Waals surface area contributed by atoms with Crippen molar-refractivity contribution in [3.8, 4) is 0 Å². The molecule has 3 heteroatoms. The van der Waals surface area contributed by atoms with Crippen LogP contribution in [0, 0.1) is 0 Å². The van der Waals surface area contributed by atoms with Gasteiger partial charge in [-0.05, 0) is 17.7 Å². The van der Waals surface area contributed by atoms with Gasteiger partial charge in [0, 0.05) is 6.20 Å². The molecule has 1 atom stereocenters. The molecule has 0 fully saturated rings. The largest absolute Gasteiger partial charge is 0.309 e. The number of fused-ring (bicyclic) bond motifs is 1. The monoisotopic (exact) mass is 211 g/mol. The third kappa shape index (κ3) is 1.22. The van der Waals surface area contributed by atoms with Gasteiger partial charge in [-0.15, -0.1) is 0 Å². The molecule has 3 nitrogen and oxygen atoms in total. The topological polar surface area (TPSA) is 41.6 Å². The molecule has 0 saturated carbocycles. The van der Waals surface area contributed by atoms with E-state index < -0.39 is 5.66 Å². The Labute approximate surface area is 94.6 Å². The zero-order valence-corrected chi connectivity index (χ0v) is 8.88. The molecule has 1 aromatic rings. The Balaban J connectivity index is 2.03. The Kier molecular flexibility index (Phi) is 1.94. The van der Waals surface area contributed by atoms with E-state index >= 15 is 0 Å². The van der Waals surface area contributed by atoms with Crippen LogP contribution in [-0.2, 0) is 5.66 Å². The van der Waals surface area contributed by atoms with Crippen LogP contribution in [0.2, 0.25) is 0 Å². The maximum Gasteiger partial charge on any atom is 0.140 e. The molecule has 2 N–H and O–H groups in total. The summed E-state index contributed by atoms with van der Waals surface area (Å²) in [6, 6.07) is 10.1. The first kappa shape index (κ1) is 9.36. The standard InChI is InChI=1S/C13H13N3/c14-13(11-6-2-1-3-7-11)10-15-12-8-4-5-9-16(12)13/h1-9H,10,14H2. The van der Waals surface area contributed by atoms with Crippen LogP contribution in [0.5, 0.6) is 0 Å². The number of nitrogens with zero attached hydrogens (tertiary/aromatic N) is 2. The van der Waals surface area contributed by atoms with E-state index in [1.165, 1.54) is 0 Å². The summed E-state index contributed by atoms with van der Waals surface area (Å²) in [4.78, 5) is 6.50. The van der Waals surface area contributed by atoms with Gasteiger partial charge in [-0.3, -0.25) is 4.99 Å². The maximum atomic E-state index is 6.46. The van der Waals surface area contributed by atoms with E-state index in [1.54, 1.807) is 0 Å². The van der Waals surface area contributed by atoms with Crippen LogP contribution in [0.15, 0.2) is 59.8 Å². The van der Waals surface area contributed by atoms with Gasteiger partial charge in [0.2, 0.25) is 0 Å². The van der Waals surface area contributed by atoms with Crippen molar-refractivity contribution in [1.29, 1.82) is 0 Å². The molecule has 0 amide bonds. The molecule has 2 aliphatic rings. The van der Waals surface area contributed by atoms with E-state index in [2.05, 4.69) is 4.99 Å². The average molecular weight is 211 g/mol. The van der Waals surface area contributed by atoms with Crippen molar-refractivity contribution in [1.82, 2.24) is 4.90 Å². The van der Waals surface area contributed by atoms with Crippen molar-refractivity contribution in [3.05, 3.63) is 60.3 Å². The fourth-order valence-corrected chi connectivity index (χ4v) is 2.14. The molecule has 1 aromatic carbocycles. The molecule has 0 aromatic heterocycles. The van der Waals surface area contributed by atoms with Crippen molar-refractivity contribution in [2.75, 3.05) is 6.54 Å². The van der Waals surface area contributed by atoms with Crippen LogP contribution < -0.4 is 5.73 Å². The van der Waals surface area contributed by atoms with E-state index in [9.17, 15) is 0 Å². The highest BCUT2D eigenvalue weighted by molar-refractivity contribution is 5.97. The third-order valence-corrected chi connectivity index (χ3v) is 3.02. The van der Waals surface area contributed by atoms with Crippen LogP contribution in [-0.4, -0.2) is 17.3 Å². The summed E-state index contributed by atoms with van der Waals surface area (Å²) in [5.41, 5.74) is 7.02. The minimum absolute atomic E-state index is 0.530. The van der Waals surface area contributed by atoms with Crippen molar-refractivity contribution >= 4 is 5.84 Å². The highest BCUT2D eigenvalue weighted by atomic mass is 15.4. The van der Waals surface area contributed by atoms with Crippen molar-refractivity contribution in [2.24, 2.45) is 10.7 Å². The number of allylic oxidation sites excluding steroid dienone is 2. The van der Waals surface area contributed by atoms with Gasteiger partial charge in [-0.25, -0.2) is 0 Å². The predicted octanol–water partition coefficient (Wildman–Crippen LogP) is 1.60. The smallest absolute Gasteiger partial charge is 0.140 e. The van der Waals surface area contributed by atoms with Gasteiger partial charge in [0.25, 0.3) is 0 Å². The van der Waals surface area contributed by atoms with Crippen molar-refractivity contribution in [3.63, 3.8) is 0 Å². The quantitative estimate of drug-likeness (QED) is 0.766. The number of hydrogen-bond acceptors (Lipinski definition) is 3. The fraction of sp³-hybridized carbons (Fsp3) is 0.154. The lowest BCUT2D eigenvalue weighted by Crippen LogP contribution is -2.51. The molecule has 3 rings (SSSR count). The van der Waals surface area contributed by atoms with Gasteiger partial charge in [0.1, 0.15) is 11.5 Å². The number of benzene rings is 1. The number of nitrogens with two attached hydrogens (primary N) is 1. The zero-order chi connectivity index (χ0) is 11.0. The van der Waals surface area contributed by atoms with E-state index in [-0.39, 0.29) is 0 Å². The number of amidine groups is 1. The summed E-state index contributed by atoms with van der Waals surface area (Å²) in [6.45, 7) is 0.598. The molecular weight excluding hydrogens is 198 g/mol. The molecule has 80 valence electrons. The van der Waals surface area contributed by atoms with E-state index in [1.807, 2.05) is 59.7 Å². The Hall–Kier alpha value is -1.87. The summed E-state index contributed by atoms with van der Waals surface area (Å²) in [7, 11) is 0. The predicted molar refractivity (Wildman–Crippen MR) is 64.7 cm³/mol. The summed E-state index contributed by atoms with van der Waals surface area (Å²) in [6.07, 6.45) is 7.93. The van der Waals surface area contributed by atoms with Crippen LogP contribution in [0.25, 0.3) is 0 Å². The lowest BCUT2D eigenvalue weighted by atomic mass is 9.99. The van der Waals surface area contributed by atoms with Crippen LogP contribution in [0.1, 0.15) is 5.56 Å². The molecule has 0 saturated heterocycles. The molecule has 2 aliphatic heterocycles. The minimum Gasteiger partial charge on any atom is -0.309 e. The molecule has 0 radical (unpaired) electrons. The lowest BCUT2D eigenvalue weighted by Gasteiger charge is -2.35. The molecule has 0 aliphatic carbocycles. The summed E-state index contributed by atoms with van der Waals surface area (Å²) < 4.78 is 0. The normalized spacial score (nSPS) is 26.8. The van der Waals surface area contributed by atoms with Crippen LogP contribution in [0.3, 0.4) is 0 Å². The first-order chi connectivity index (χ1) is 7.81. The molecule has 1 unspecified atom stereocenters. The van der Waals surface area contributed by atoms with Crippen LogP contribution >= 0.6 is 0 Å². The number of aliphatic imine (C=N–C) groups is 1. The number of rotatable bonds is 1. The highest BCUT2D eigenvalue weighted by Gasteiger charge is 2.39. The van der Waals surface area contributed by atoms with E-state index in [4.69, 9.17) is 5.73 Å². The van der Waals surface area contributed by atoms with Gasteiger partial charge in [0.05, 0.1) is 6.54 Å². The van der Waals surface area contributed by atoms with Crippen molar-refractivity contribution in [2.45, 2.75) is 5.66 Å². The Bertz CT molecular complexity index is 487. The molecular formula is C13H13N3. The van der Waals surface area contributed by atoms with Gasteiger partial charge >= 0.3 is 0 Å². The molecule has 0 spiro atoms. The van der Waals surface area contributed by atoms with Crippen LogP contribution in [0.4, 0.5) is 0 Å². The van der Waals surface area contributed by atoms with Gasteiger partial charge in [-0.1, -0.05) is 36.4 Å². The van der Waals surface area contributed by atoms with Gasteiger partial charge < -0.3 is 10.6 Å². The highest BCUT2D eigenvalue weighted by Crippen LogP contribution is 2.30. The number of hydrogen-bond donors (Lipinski definition) is 1. The fourth-order valence-electron chi connectivity index (χ4n) is 2.14. The zero-order valence-electron chi connectivity index (χ0n) is 8.88. The summed E-state index contributed by atoms with van der Waals surface area (Å²) >= 11 is 0. The Morgan fingerprint density at radius 2 is 2.00 bits per heavy atom. The third-order valence-electron chi connectivity index (χ3n) is 3.02. The lowest BCUT2D eigenvalue weighted by molar-refractivity contribution is 0.278. The average Bonchev–Trinajstić information content (AvgIpc) is 2.71. The second-order valence-corrected chi connectivity index (χ2v) is 4.04. The minimum atomic E-state index is -0.530. The van der Waals surface area contributed by atoms with Gasteiger partial charge in [-0.2, -0.15) is 0 Å². The SMILES string of the molecule is NC1(c2ccccc2)CN=C2C=CC=CN21. The summed E-state index contributed by atoms with van der Waals surface area (Å²) in [5, 5.41) is 0. The molecule has 2 heterocycles. The molecule has 16 heavy (non-hydrogen) atoms. The summed E-state index contributed by atoms with van der Waals surface area (Å²) in [5.74, 6) is 0.939. The maximum absolute atomic E-state index is 6.46. The van der Waals surface area contributed by atoms with E-state index in [0.717, 1.165) is 11.4 Å². The van der Waals surface area contributed by atoms with Gasteiger partial charge in [0.15, 0.2) is 0 Å². The van der Waals surface area contributed by atoms with E-state index in [0.29, 0.717) is 6.54 Å². The second kappa shape index (κ2) is 3.32. The second-order valence-electron chi connectivity index (χ2n) is 4.04. The Morgan fingerprint density at radius 3 is 2.81 bits per heavy atom. The Morgan fingerprint density at radius 1 is 1.19 bits per heavy atom. The first-order valence-electron chi connectivity index (χ1n) is 5.34. The first-order valence-corrected chi connectivity index (χ1v) is 5.34. The van der Waals surface area contributed by atoms with Crippen molar-refractivity contribution < 1.29 is 0 Å². The molecule has 0 bridgehead atoms.